The molecule has 2 saturated heterocycles. The Kier molecular flexibility index (Phi) is 4.96. The van der Waals surface area contributed by atoms with Crippen LogP contribution in [0.5, 0.6) is 0 Å². The number of amides is 2. The van der Waals surface area contributed by atoms with Crippen molar-refractivity contribution < 1.29 is 9.59 Å². The average molecular weight is 315 g/mol. The van der Waals surface area contributed by atoms with Crippen LogP contribution in [0.15, 0.2) is 24.3 Å². The summed E-state index contributed by atoms with van der Waals surface area (Å²) in [6, 6.07) is 8.23. The van der Waals surface area contributed by atoms with E-state index in [0.29, 0.717) is 26.2 Å². The molecule has 0 N–H and O–H groups in total. The molecule has 0 aromatic heterocycles. The minimum atomic E-state index is 0.0486. The second-order valence-electron chi connectivity index (χ2n) is 6.60. The summed E-state index contributed by atoms with van der Waals surface area (Å²) in [5.74, 6) is 0.142. The Labute approximate surface area is 137 Å². The topological polar surface area (TPSA) is 43.9 Å². The van der Waals surface area contributed by atoms with Crippen LogP contribution in [0.3, 0.4) is 0 Å². The highest BCUT2D eigenvalue weighted by molar-refractivity contribution is 5.86. The van der Waals surface area contributed by atoms with Gasteiger partial charge in [-0.2, -0.15) is 0 Å². The highest BCUT2D eigenvalue weighted by atomic mass is 16.2. The van der Waals surface area contributed by atoms with Crippen molar-refractivity contribution in [1.29, 1.82) is 0 Å². The maximum Gasteiger partial charge on any atom is 0.242 e. The Morgan fingerprint density at radius 1 is 1.13 bits per heavy atom. The molecule has 2 heterocycles. The van der Waals surface area contributed by atoms with E-state index in [4.69, 9.17) is 0 Å². The molecular weight excluding hydrogens is 290 g/mol. The molecule has 0 radical (unpaired) electrons. The summed E-state index contributed by atoms with van der Waals surface area (Å²) in [5, 5.41) is 0. The van der Waals surface area contributed by atoms with Gasteiger partial charge < -0.3 is 9.80 Å². The first kappa shape index (κ1) is 16.0. The van der Waals surface area contributed by atoms with Gasteiger partial charge in [0.2, 0.25) is 11.8 Å². The third-order valence-corrected chi connectivity index (χ3v) is 4.68. The second kappa shape index (κ2) is 7.13. The molecular formula is C18H25N3O2. The molecule has 23 heavy (non-hydrogen) atoms. The normalized spacial score (nSPS) is 19.4. The van der Waals surface area contributed by atoms with E-state index in [2.05, 4.69) is 24.0 Å². The predicted molar refractivity (Wildman–Crippen MR) is 88.9 cm³/mol. The number of likely N-dealkylation sites (tertiary alicyclic amines) is 1. The van der Waals surface area contributed by atoms with E-state index >= 15 is 0 Å². The van der Waals surface area contributed by atoms with Gasteiger partial charge in [0.15, 0.2) is 0 Å². The summed E-state index contributed by atoms with van der Waals surface area (Å²) in [6.07, 6.45) is 2.35. The Hall–Kier alpha value is -1.88. The molecule has 0 unspecified atom stereocenters. The van der Waals surface area contributed by atoms with Crippen LogP contribution in [0.25, 0.3) is 0 Å². The van der Waals surface area contributed by atoms with Crippen molar-refractivity contribution in [3.63, 3.8) is 0 Å². The average Bonchev–Trinajstić information content (AvgIpc) is 3.02. The molecule has 2 amide bonds. The van der Waals surface area contributed by atoms with E-state index in [1.807, 2.05) is 17.0 Å². The van der Waals surface area contributed by atoms with Crippen LogP contribution in [-0.4, -0.2) is 65.8 Å². The van der Waals surface area contributed by atoms with Crippen molar-refractivity contribution in [3.8, 4) is 0 Å². The van der Waals surface area contributed by atoms with Crippen LogP contribution >= 0.6 is 0 Å². The van der Waals surface area contributed by atoms with Crippen LogP contribution < -0.4 is 0 Å². The van der Waals surface area contributed by atoms with Crippen molar-refractivity contribution in [2.45, 2.75) is 26.3 Å². The first-order valence-electron chi connectivity index (χ1n) is 8.45. The Balaban J connectivity index is 1.52. The number of rotatable bonds is 4. The zero-order valence-electron chi connectivity index (χ0n) is 13.8. The largest absolute Gasteiger partial charge is 0.335 e. The lowest BCUT2D eigenvalue weighted by Crippen LogP contribution is -2.53. The fourth-order valence-corrected chi connectivity index (χ4v) is 3.35. The maximum atomic E-state index is 12.4. The highest BCUT2D eigenvalue weighted by Gasteiger charge is 2.28. The second-order valence-corrected chi connectivity index (χ2v) is 6.60. The summed E-state index contributed by atoms with van der Waals surface area (Å²) in [6.45, 7) is 6.65. The van der Waals surface area contributed by atoms with E-state index in [-0.39, 0.29) is 18.4 Å². The van der Waals surface area contributed by atoms with Gasteiger partial charge in [0.25, 0.3) is 0 Å². The summed E-state index contributed by atoms with van der Waals surface area (Å²) in [7, 11) is 0. The zero-order chi connectivity index (χ0) is 16.2. The molecule has 0 aliphatic carbocycles. The predicted octanol–water partition coefficient (Wildman–Crippen LogP) is 1.26. The van der Waals surface area contributed by atoms with Crippen molar-refractivity contribution >= 4 is 11.8 Å². The smallest absolute Gasteiger partial charge is 0.242 e. The molecule has 124 valence electrons. The standard InChI is InChI=1S/C18H25N3O2/c1-15-5-4-6-16(11-15)12-20-9-10-21(14-18(20)23)17(22)13-19-7-2-3-8-19/h4-6,11H,2-3,7-10,12-14H2,1H3. The van der Waals surface area contributed by atoms with Gasteiger partial charge in [0.1, 0.15) is 0 Å². The molecule has 1 aromatic carbocycles. The first-order valence-corrected chi connectivity index (χ1v) is 8.45. The van der Waals surface area contributed by atoms with Gasteiger partial charge in [-0.1, -0.05) is 29.8 Å². The van der Waals surface area contributed by atoms with Gasteiger partial charge >= 0.3 is 0 Å². The molecule has 5 heteroatoms. The monoisotopic (exact) mass is 315 g/mol. The van der Waals surface area contributed by atoms with Gasteiger partial charge in [0.05, 0.1) is 13.1 Å². The molecule has 0 bridgehead atoms. The van der Waals surface area contributed by atoms with E-state index in [9.17, 15) is 9.59 Å². The SMILES string of the molecule is Cc1cccc(CN2CCN(C(=O)CN3CCCC3)CC2=O)c1. The first-order chi connectivity index (χ1) is 11.1. The molecule has 0 atom stereocenters. The highest BCUT2D eigenvalue weighted by Crippen LogP contribution is 2.13. The van der Waals surface area contributed by atoms with Crippen molar-refractivity contribution in [2.75, 3.05) is 39.3 Å². The number of carbonyl (C=O) groups excluding carboxylic acids is 2. The molecule has 5 nitrogen and oxygen atoms in total. The van der Waals surface area contributed by atoms with E-state index in [1.54, 1.807) is 4.90 Å². The lowest BCUT2D eigenvalue weighted by molar-refractivity contribution is -0.146. The molecule has 3 rings (SSSR count). The van der Waals surface area contributed by atoms with Crippen molar-refractivity contribution in [2.24, 2.45) is 0 Å². The number of hydrogen-bond acceptors (Lipinski definition) is 3. The van der Waals surface area contributed by atoms with Crippen LogP contribution in [0.4, 0.5) is 0 Å². The van der Waals surface area contributed by atoms with Crippen molar-refractivity contribution in [3.05, 3.63) is 35.4 Å². The van der Waals surface area contributed by atoms with Gasteiger partial charge in [-0.05, 0) is 38.4 Å². The molecule has 1 aromatic rings. The lowest BCUT2D eigenvalue weighted by Gasteiger charge is -2.35. The van der Waals surface area contributed by atoms with Crippen molar-refractivity contribution in [1.82, 2.24) is 14.7 Å². The van der Waals surface area contributed by atoms with E-state index in [1.165, 1.54) is 18.4 Å². The number of carbonyl (C=O) groups is 2. The van der Waals surface area contributed by atoms with Crippen LogP contribution in [-0.2, 0) is 16.1 Å². The maximum absolute atomic E-state index is 12.4. The van der Waals surface area contributed by atoms with Gasteiger partial charge in [-0.3, -0.25) is 14.5 Å². The fraction of sp³-hybridized carbons (Fsp3) is 0.556. The molecule has 2 fully saturated rings. The summed E-state index contributed by atoms with van der Waals surface area (Å²) in [4.78, 5) is 30.4. The summed E-state index contributed by atoms with van der Waals surface area (Å²) < 4.78 is 0. The molecule has 2 aliphatic heterocycles. The van der Waals surface area contributed by atoms with Crippen LogP contribution in [0, 0.1) is 6.92 Å². The van der Waals surface area contributed by atoms with Crippen LogP contribution in [0.1, 0.15) is 24.0 Å². The zero-order valence-corrected chi connectivity index (χ0v) is 13.8. The molecule has 2 aliphatic rings. The fourth-order valence-electron chi connectivity index (χ4n) is 3.35. The summed E-state index contributed by atoms with van der Waals surface area (Å²) >= 11 is 0. The number of nitrogens with zero attached hydrogens (tertiary/aromatic N) is 3. The Bertz CT molecular complexity index is 581. The lowest BCUT2D eigenvalue weighted by atomic mass is 10.1. The minimum Gasteiger partial charge on any atom is -0.335 e. The third kappa shape index (κ3) is 4.10. The van der Waals surface area contributed by atoms with E-state index in [0.717, 1.165) is 18.7 Å². The summed E-state index contributed by atoms with van der Waals surface area (Å²) in [5.41, 5.74) is 2.35. The molecule has 0 saturated carbocycles. The molecule has 0 spiro atoms. The van der Waals surface area contributed by atoms with Gasteiger partial charge in [-0.25, -0.2) is 0 Å². The minimum absolute atomic E-state index is 0.0486. The van der Waals surface area contributed by atoms with Gasteiger partial charge in [-0.15, -0.1) is 0 Å². The number of hydrogen-bond donors (Lipinski definition) is 0. The van der Waals surface area contributed by atoms with E-state index < -0.39 is 0 Å². The van der Waals surface area contributed by atoms with Gasteiger partial charge in [0, 0.05) is 19.6 Å². The Morgan fingerprint density at radius 2 is 1.91 bits per heavy atom. The third-order valence-electron chi connectivity index (χ3n) is 4.68. The number of piperazine rings is 1. The number of aryl methyl sites for hydroxylation is 1. The van der Waals surface area contributed by atoms with Crippen LogP contribution in [0.2, 0.25) is 0 Å². The quantitative estimate of drug-likeness (QED) is 0.840. The Morgan fingerprint density at radius 3 is 2.61 bits per heavy atom. The number of benzene rings is 1.